The van der Waals surface area contributed by atoms with E-state index < -0.39 is 23.9 Å². The van der Waals surface area contributed by atoms with Crippen LogP contribution in [0.3, 0.4) is 0 Å². The van der Waals surface area contributed by atoms with E-state index in [4.69, 9.17) is 18.9 Å². The van der Waals surface area contributed by atoms with Gasteiger partial charge < -0.3 is 18.9 Å². The van der Waals surface area contributed by atoms with Crippen LogP contribution in [0.5, 0.6) is 0 Å². The maximum absolute atomic E-state index is 12.8. The average Bonchev–Trinajstić information content (AvgIpc) is 3.12. The van der Waals surface area contributed by atoms with Gasteiger partial charge in [0.15, 0.2) is 0 Å². The molecule has 0 aliphatic carbocycles. The largest absolute Gasteiger partial charge is 0.460 e. The first-order chi connectivity index (χ1) is 23.4. The van der Waals surface area contributed by atoms with Crippen molar-refractivity contribution >= 4 is 23.9 Å². The zero-order valence-electron chi connectivity index (χ0n) is 26.8. The van der Waals surface area contributed by atoms with Gasteiger partial charge in [-0.15, -0.1) is 0 Å². The Bertz CT molecular complexity index is 1320. The number of nitrogens with zero attached hydrogens (tertiary/aromatic N) is 2. The van der Waals surface area contributed by atoms with E-state index in [2.05, 4.69) is 0 Å². The lowest BCUT2D eigenvalue weighted by atomic mass is 10.2. The Morgan fingerprint density at radius 3 is 0.771 bits per heavy atom. The van der Waals surface area contributed by atoms with Gasteiger partial charge in [0.25, 0.3) is 0 Å². The Labute approximate surface area is 280 Å². The van der Waals surface area contributed by atoms with E-state index in [9.17, 15) is 19.2 Å². The Morgan fingerprint density at radius 1 is 0.354 bits per heavy atom. The molecule has 10 nitrogen and oxygen atoms in total. The molecular formula is C38H40N2O8. The van der Waals surface area contributed by atoms with Crippen molar-refractivity contribution < 1.29 is 38.1 Å². The second-order valence-electron chi connectivity index (χ2n) is 11.0. The van der Waals surface area contributed by atoms with E-state index in [1.54, 1.807) is 9.80 Å². The lowest BCUT2D eigenvalue weighted by molar-refractivity contribution is -0.153. The van der Waals surface area contributed by atoms with Crippen molar-refractivity contribution in [3.05, 3.63) is 144 Å². The van der Waals surface area contributed by atoms with Gasteiger partial charge >= 0.3 is 23.9 Å². The van der Waals surface area contributed by atoms with Crippen molar-refractivity contribution in [2.24, 2.45) is 0 Å². The van der Waals surface area contributed by atoms with Gasteiger partial charge in [0.05, 0.1) is 26.2 Å². The van der Waals surface area contributed by atoms with E-state index in [-0.39, 0.29) is 65.7 Å². The van der Waals surface area contributed by atoms with Crippen LogP contribution in [0.15, 0.2) is 121 Å². The number of carbonyl (C=O) groups is 4. The predicted octanol–water partition coefficient (Wildman–Crippen LogP) is 4.56. The molecule has 4 aromatic rings. The highest BCUT2D eigenvalue weighted by atomic mass is 16.5. The molecule has 10 heteroatoms. The lowest BCUT2D eigenvalue weighted by Crippen LogP contribution is -2.44. The van der Waals surface area contributed by atoms with Gasteiger partial charge in [-0.2, -0.15) is 0 Å². The lowest BCUT2D eigenvalue weighted by Gasteiger charge is -2.25. The summed E-state index contributed by atoms with van der Waals surface area (Å²) in [5, 5.41) is 0. The summed E-state index contributed by atoms with van der Waals surface area (Å²) >= 11 is 0. The van der Waals surface area contributed by atoms with Crippen molar-refractivity contribution in [1.29, 1.82) is 0 Å². The maximum atomic E-state index is 12.8. The highest BCUT2D eigenvalue weighted by Gasteiger charge is 2.22. The summed E-state index contributed by atoms with van der Waals surface area (Å²) in [6, 6.07) is 37.0. The first kappa shape index (κ1) is 35.5. The molecule has 0 radical (unpaired) electrons. The summed E-state index contributed by atoms with van der Waals surface area (Å²) < 4.78 is 21.8. The third kappa shape index (κ3) is 14.0. The molecule has 0 bridgehead atoms. The summed E-state index contributed by atoms with van der Waals surface area (Å²) in [6.45, 7) is -0.238. The van der Waals surface area contributed by atoms with Gasteiger partial charge in [-0.05, 0) is 22.3 Å². The normalized spacial score (nSPS) is 10.8. The Morgan fingerprint density at radius 2 is 0.562 bits per heavy atom. The van der Waals surface area contributed by atoms with Crippen LogP contribution in [-0.2, 0) is 64.6 Å². The average molecular weight is 653 g/mol. The maximum Gasteiger partial charge on any atom is 0.320 e. The van der Waals surface area contributed by atoms with Crippen molar-refractivity contribution in [2.45, 2.75) is 26.4 Å². The van der Waals surface area contributed by atoms with Crippen LogP contribution < -0.4 is 0 Å². The molecule has 48 heavy (non-hydrogen) atoms. The monoisotopic (exact) mass is 652 g/mol. The molecule has 0 heterocycles. The van der Waals surface area contributed by atoms with E-state index in [0.717, 1.165) is 22.3 Å². The first-order valence-corrected chi connectivity index (χ1v) is 15.7. The molecule has 0 aliphatic heterocycles. The van der Waals surface area contributed by atoms with Crippen LogP contribution in [0.1, 0.15) is 22.3 Å². The van der Waals surface area contributed by atoms with E-state index in [0.29, 0.717) is 0 Å². The number of esters is 4. The van der Waals surface area contributed by atoms with Gasteiger partial charge in [-0.25, -0.2) is 0 Å². The first-order valence-electron chi connectivity index (χ1n) is 15.7. The summed E-state index contributed by atoms with van der Waals surface area (Å²) in [6.07, 6.45) is 0. The van der Waals surface area contributed by atoms with Crippen molar-refractivity contribution in [2.75, 3.05) is 39.3 Å². The SMILES string of the molecule is O=C(CN(CCN(CC(=O)OCc1ccccc1)CC(=O)OCc1ccccc1)CC(=O)OCc1ccccc1)OCc1ccccc1. The van der Waals surface area contributed by atoms with Crippen LogP contribution in [0.25, 0.3) is 0 Å². The van der Waals surface area contributed by atoms with E-state index in [1.165, 1.54) is 0 Å². The molecule has 0 spiro atoms. The number of hydrogen-bond acceptors (Lipinski definition) is 10. The van der Waals surface area contributed by atoms with Crippen molar-refractivity contribution in [3.63, 3.8) is 0 Å². The fourth-order valence-corrected chi connectivity index (χ4v) is 4.58. The van der Waals surface area contributed by atoms with Crippen LogP contribution in [0.4, 0.5) is 0 Å². The number of ether oxygens (including phenoxy) is 4. The smallest absolute Gasteiger partial charge is 0.320 e. The molecule has 0 atom stereocenters. The molecule has 0 saturated carbocycles. The third-order valence-electron chi connectivity index (χ3n) is 7.11. The molecule has 4 rings (SSSR count). The molecular weight excluding hydrogens is 612 g/mol. The molecule has 0 aromatic heterocycles. The fraction of sp³-hybridized carbons (Fsp3) is 0.263. The summed E-state index contributed by atoms with van der Waals surface area (Å²) in [4.78, 5) is 54.5. The van der Waals surface area contributed by atoms with Gasteiger partial charge in [0.2, 0.25) is 0 Å². The number of rotatable bonds is 19. The minimum absolute atomic E-state index is 0.0819. The zero-order chi connectivity index (χ0) is 33.8. The summed E-state index contributed by atoms with van der Waals surface area (Å²) in [5.74, 6) is -2.15. The topological polar surface area (TPSA) is 112 Å². The number of hydrogen-bond donors (Lipinski definition) is 0. The Kier molecular flexibility index (Phi) is 14.8. The molecule has 250 valence electrons. The van der Waals surface area contributed by atoms with Crippen molar-refractivity contribution in [1.82, 2.24) is 9.80 Å². The zero-order valence-corrected chi connectivity index (χ0v) is 26.8. The molecule has 0 amide bonds. The molecule has 4 aromatic carbocycles. The van der Waals surface area contributed by atoms with Crippen molar-refractivity contribution in [3.8, 4) is 0 Å². The third-order valence-corrected chi connectivity index (χ3v) is 7.11. The highest BCUT2D eigenvalue weighted by Crippen LogP contribution is 2.07. The number of carbonyl (C=O) groups excluding carboxylic acids is 4. The minimum Gasteiger partial charge on any atom is -0.460 e. The summed E-state index contributed by atoms with van der Waals surface area (Å²) in [7, 11) is 0. The fourth-order valence-electron chi connectivity index (χ4n) is 4.58. The van der Waals surface area contributed by atoms with Crippen LogP contribution in [0, 0.1) is 0 Å². The van der Waals surface area contributed by atoms with E-state index >= 15 is 0 Å². The molecule has 0 aliphatic rings. The molecule has 0 unspecified atom stereocenters. The quantitative estimate of drug-likeness (QED) is 0.106. The second-order valence-corrected chi connectivity index (χ2v) is 11.0. The van der Waals surface area contributed by atoms with Crippen LogP contribution in [0.2, 0.25) is 0 Å². The van der Waals surface area contributed by atoms with Gasteiger partial charge in [-0.1, -0.05) is 121 Å². The Hall–Kier alpha value is -5.32. The van der Waals surface area contributed by atoms with Gasteiger partial charge in [-0.3, -0.25) is 29.0 Å². The van der Waals surface area contributed by atoms with Gasteiger partial charge in [0, 0.05) is 13.1 Å². The van der Waals surface area contributed by atoms with E-state index in [1.807, 2.05) is 121 Å². The molecule has 0 N–H and O–H groups in total. The molecule has 0 saturated heterocycles. The van der Waals surface area contributed by atoms with Gasteiger partial charge in [0.1, 0.15) is 26.4 Å². The minimum atomic E-state index is -0.536. The number of benzene rings is 4. The second kappa shape index (κ2) is 20.0. The highest BCUT2D eigenvalue weighted by molar-refractivity contribution is 5.76. The molecule has 0 fully saturated rings. The summed E-state index contributed by atoms with van der Waals surface area (Å²) in [5.41, 5.74) is 3.31. The van der Waals surface area contributed by atoms with Crippen LogP contribution in [-0.4, -0.2) is 72.9 Å². The predicted molar refractivity (Wildman–Crippen MR) is 178 cm³/mol. The standard InChI is InChI=1S/C38H40N2O8/c41-35(45-27-31-13-5-1-6-14-31)23-39(24-36(42)46-28-32-15-7-2-8-16-32)21-22-40(25-37(43)47-29-33-17-9-3-10-18-33)26-38(44)48-30-34-19-11-4-12-20-34/h1-20H,21-30H2. The Balaban J connectivity index is 1.38. The van der Waals surface area contributed by atoms with Crippen LogP contribution >= 0.6 is 0 Å².